The van der Waals surface area contributed by atoms with E-state index in [1.807, 2.05) is 50.2 Å². The van der Waals surface area contributed by atoms with E-state index in [0.717, 1.165) is 42.9 Å². The van der Waals surface area contributed by atoms with Gasteiger partial charge in [-0.3, -0.25) is 4.79 Å². The highest BCUT2D eigenvalue weighted by Crippen LogP contribution is 2.41. The van der Waals surface area contributed by atoms with Gasteiger partial charge in [-0.2, -0.15) is 0 Å². The largest absolute Gasteiger partial charge is 0.493 e. The summed E-state index contributed by atoms with van der Waals surface area (Å²) in [7, 11) is 3.26. The van der Waals surface area contributed by atoms with Gasteiger partial charge in [0, 0.05) is 24.3 Å². The molecular formula is C37H54N4O4. The Morgan fingerprint density at radius 1 is 0.978 bits per heavy atom. The van der Waals surface area contributed by atoms with Crippen molar-refractivity contribution in [2.45, 2.75) is 95.6 Å². The fourth-order valence-electron chi connectivity index (χ4n) is 7.10. The zero-order chi connectivity index (χ0) is 32.2. The molecule has 0 unspecified atom stereocenters. The summed E-state index contributed by atoms with van der Waals surface area (Å²) in [4.78, 5) is 18.8. The number of carbonyl (C=O) groups excluding carboxylic acids is 1. The molecule has 45 heavy (non-hydrogen) atoms. The third kappa shape index (κ3) is 9.63. The number of nitrogens with one attached hydrogen (secondary N) is 2. The standard InChI is InChI=1S/C37H54N4O4/c1-28(2)45-32-11-8-10-29(24-32)25-34(42)33(39)27-37(16-9-18-38,30-12-13-35(43-3)36(26-30)44-4)17-23-40-21-14-31(15-22-40)41-19-6-5-7-20-41/h8,10-13,18,24,26,28,31,38-39H,5-7,9,14-17,19-23,25,27H2,1-4H3/t37-/m0/s1. The molecule has 0 bridgehead atoms. The molecule has 246 valence electrons. The first-order valence-electron chi connectivity index (χ1n) is 16.8. The minimum Gasteiger partial charge on any atom is -0.493 e. The van der Waals surface area contributed by atoms with Crippen LogP contribution in [0, 0.1) is 10.8 Å². The van der Waals surface area contributed by atoms with Crippen molar-refractivity contribution in [3.8, 4) is 17.2 Å². The van der Waals surface area contributed by atoms with Gasteiger partial charge in [0.1, 0.15) is 5.75 Å². The lowest BCUT2D eigenvalue weighted by atomic mass is 9.69. The Kier molecular flexibility index (Phi) is 13.0. The van der Waals surface area contributed by atoms with E-state index in [0.29, 0.717) is 36.8 Å². The number of methoxy groups -OCH3 is 2. The summed E-state index contributed by atoms with van der Waals surface area (Å²) >= 11 is 0. The fraction of sp³-hybridized carbons (Fsp3) is 0.595. The van der Waals surface area contributed by atoms with Crippen molar-refractivity contribution in [3.63, 3.8) is 0 Å². The molecule has 2 aromatic carbocycles. The van der Waals surface area contributed by atoms with Crippen LogP contribution in [-0.2, 0) is 16.6 Å². The van der Waals surface area contributed by atoms with Crippen LogP contribution in [0.3, 0.4) is 0 Å². The van der Waals surface area contributed by atoms with Gasteiger partial charge in [0.05, 0.1) is 26.0 Å². The van der Waals surface area contributed by atoms with Crippen molar-refractivity contribution in [2.24, 2.45) is 0 Å². The number of nitrogens with zero attached hydrogens (tertiary/aromatic N) is 2. The average Bonchev–Trinajstić information content (AvgIpc) is 3.06. The molecule has 2 aromatic rings. The van der Waals surface area contributed by atoms with Crippen molar-refractivity contribution in [1.82, 2.24) is 9.80 Å². The number of rotatable bonds is 17. The Labute approximate surface area is 270 Å². The average molecular weight is 619 g/mol. The molecule has 8 nitrogen and oxygen atoms in total. The van der Waals surface area contributed by atoms with Crippen molar-refractivity contribution >= 4 is 17.7 Å². The number of benzene rings is 2. The van der Waals surface area contributed by atoms with Crippen LogP contribution in [0.5, 0.6) is 17.2 Å². The van der Waals surface area contributed by atoms with Crippen molar-refractivity contribution in [1.29, 1.82) is 10.8 Å². The molecule has 2 fully saturated rings. The van der Waals surface area contributed by atoms with E-state index in [-0.39, 0.29) is 24.0 Å². The predicted octanol–water partition coefficient (Wildman–Crippen LogP) is 6.72. The molecule has 4 rings (SSSR count). The molecular weight excluding hydrogens is 564 g/mol. The van der Waals surface area contributed by atoms with Gasteiger partial charge in [0.25, 0.3) is 0 Å². The Bertz CT molecular complexity index is 1270. The lowest BCUT2D eigenvalue weighted by Crippen LogP contribution is -2.47. The van der Waals surface area contributed by atoms with E-state index in [1.54, 1.807) is 14.2 Å². The summed E-state index contributed by atoms with van der Waals surface area (Å²) < 4.78 is 17.1. The van der Waals surface area contributed by atoms with Crippen LogP contribution in [-0.4, -0.2) is 86.6 Å². The quantitative estimate of drug-likeness (QED) is 0.191. The van der Waals surface area contributed by atoms with E-state index >= 15 is 0 Å². The zero-order valence-electron chi connectivity index (χ0n) is 27.9. The molecule has 0 amide bonds. The van der Waals surface area contributed by atoms with E-state index in [9.17, 15) is 4.79 Å². The molecule has 2 N–H and O–H groups in total. The summed E-state index contributed by atoms with van der Waals surface area (Å²) in [5, 5.41) is 17.0. The SMILES string of the molecule is COc1ccc([C@@](CCC=N)(CCN2CCC(N3CCCCC3)CC2)CC(=N)C(=O)Cc2cccc(OC(C)C)c2)cc1OC. The lowest BCUT2D eigenvalue weighted by Gasteiger charge is -2.42. The maximum Gasteiger partial charge on any atom is 0.180 e. The highest BCUT2D eigenvalue weighted by molar-refractivity contribution is 6.39. The van der Waals surface area contributed by atoms with Crippen molar-refractivity contribution in [2.75, 3.05) is 46.9 Å². The maximum atomic E-state index is 13.6. The molecule has 2 aliphatic heterocycles. The van der Waals surface area contributed by atoms with Gasteiger partial charge < -0.3 is 34.8 Å². The predicted molar refractivity (Wildman–Crippen MR) is 182 cm³/mol. The Balaban J connectivity index is 1.54. The maximum absolute atomic E-state index is 13.6. The lowest BCUT2D eigenvalue weighted by molar-refractivity contribution is -0.112. The summed E-state index contributed by atoms with van der Waals surface area (Å²) in [6.07, 6.45) is 10.4. The first kappa shape index (κ1) is 34.6. The van der Waals surface area contributed by atoms with Gasteiger partial charge in [0.2, 0.25) is 0 Å². The molecule has 2 heterocycles. The molecule has 2 saturated heterocycles. The molecule has 1 atom stereocenters. The second-order valence-corrected chi connectivity index (χ2v) is 13.1. The van der Waals surface area contributed by atoms with Crippen LogP contribution >= 0.6 is 0 Å². The summed E-state index contributed by atoms with van der Waals surface area (Å²) in [6.45, 7) is 9.45. The number of ketones is 1. The number of Topliss-reactive ketones (excluding diaryl/α,β-unsaturated/α-hetero) is 1. The first-order valence-corrected chi connectivity index (χ1v) is 16.8. The zero-order valence-corrected chi connectivity index (χ0v) is 27.9. The number of hydrogen-bond acceptors (Lipinski definition) is 8. The van der Waals surface area contributed by atoms with Crippen LogP contribution in [0.4, 0.5) is 0 Å². The van der Waals surface area contributed by atoms with Gasteiger partial charge in [-0.25, -0.2) is 0 Å². The smallest absolute Gasteiger partial charge is 0.180 e. The second-order valence-electron chi connectivity index (χ2n) is 13.1. The monoisotopic (exact) mass is 618 g/mol. The van der Waals surface area contributed by atoms with Crippen LogP contribution in [0.1, 0.15) is 82.8 Å². The highest BCUT2D eigenvalue weighted by Gasteiger charge is 2.36. The van der Waals surface area contributed by atoms with Gasteiger partial charge in [0.15, 0.2) is 17.3 Å². The fourth-order valence-corrected chi connectivity index (χ4v) is 7.10. The second kappa shape index (κ2) is 16.9. The van der Waals surface area contributed by atoms with Gasteiger partial charge in [-0.15, -0.1) is 0 Å². The van der Waals surface area contributed by atoms with E-state index in [2.05, 4.69) is 15.9 Å². The van der Waals surface area contributed by atoms with Gasteiger partial charge in [-0.1, -0.05) is 24.6 Å². The Hall–Kier alpha value is -3.23. The van der Waals surface area contributed by atoms with Crippen LogP contribution in [0.2, 0.25) is 0 Å². The summed E-state index contributed by atoms with van der Waals surface area (Å²) in [5.41, 5.74) is 1.48. The van der Waals surface area contributed by atoms with E-state index in [1.165, 1.54) is 51.4 Å². The molecule has 0 aliphatic carbocycles. The van der Waals surface area contributed by atoms with Crippen LogP contribution in [0.25, 0.3) is 0 Å². The van der Waals surface area contributed by atoms with Crippen LogP contribution < -0.4 is 14.2 Å². The molecule has 8 heteroatoms. The molecule has 0 saturated carbocycles. The molecule has 2 aliphatic rings. The molecule has 0 radical (unpaired) electrons. The normalized spacial score (nSPS) is 17.9. The Morgan fingerprint density at radius 2 is 1.71 bits per heavy atom. The number of hydrogen-bond donors (Lipinski definition) is 2. The van der Waals surface area contributed by atoms with Gasteiger partial charge >= 0.3 is 0 Å². The van der Waals surface area contributed by atoms with E-state index < -0.39 is 5.41 Å². The van der Waals surface area contributed by atoms with Crippen molar-refractivity contribution < 1.29 is 19.0 Å². The van der Waals surface area contributed by atoms with Gasteiger partial charge in [-0.05, 0) is 133 Å². The molecule has 0 aromatic heterocycles. The topological polar surface area (TPSA) is 98.9 Å². The van der Waals surface area contributed by atoms with Crippen LogP contribution in [0.15, 0.2) is 42.5 Å². The number of piperidine rings is 2. The Morgan fingerprint density at radius 3 is 2.38 bits per heavy atom. The number of likely N-dealkylation sites (tertiary alicyclic amines) is 2. The first-order chi connectivity index (χ1) is 21.8. The minimum atomic E-state index is -0.504. The minimum absolute atomic E-state index is 0.0424. The summed E-state index contributed by atoms with van der Waals surface area (Å²) in [5.74, 6) is 1.84. The highest BCUT2D eigenvalue weighted by atomic mass is 16.5. The van der Waals surface area contributed by atoms with E-state index in [4.69, 9.17) is 25.0 Å². The summed E-state index contributed by atoms with van der Waals surface area (Å²) in [6, 6.07) is 14.3. The third-order valence-corrected chi connectivity index (χ3v) is 9.62. The molecule has 0 spiro atoms. The number of ether oxygens (including phenoxy) is 3. The van der Waals surface area contributed by atoms with Crippen molar-refractivity contribution in [3.05, 3.63) is 53.6 Å². The third-order valence-electron chi connectivity index (χ3n) is 9.62. The number of carbonyl (C=O) groups is 1.